The van der Waals surface area contributed by atoms with E-state index >= 15 is 0 Å². The van der Waals surface area contributed by atoms with Crippen molar-refractivity contribution in [1.29, 1.82) is 5.26 Å². The summed E-state index contributed by atoms with van der Waals surface area (Å²) in [6.45, 7) is 7.76. The minimum absolute atomic E-state index is 0.277. The lowest BCUT2D eigenvalue weighted by Crippen LogP contribution is -2.59. The van der Waals surface area contributed by atoms with E-state index in [0.717, 1.165) is 12.8 Å². The molecular weight excluding hydrogens is 728 g/mol. The first kappa shape index (κ1) is 38.1. The van der Waals surface area contributed by atoms with Gasteiger partial charge in [-0.05, 0) is 19.3 Å². The molecule has 4 fully saturated rings. The number of nitriles is 1. The van der Waals surface area contributed by atoms with Crippen LogP contribution in [-0.4, -0.2) is 49.4 Å². The maximum Gasteiger partial charge on any atom is 0.367 e. The molecule has 43 heavy (non-hydrogen) atoms. The Kier molecular flexibility index (Phi) is 15.6. The smallest absolute Gasteiger partial charge is 0.367 e. The lowest BCUT2D eigenvalue weighted by molar-refractivity contribution is -0.488. The van der Waals surface area contributed by atoms with Gasteiger partial charge in [0.25, 0.3) is 0 Å². The van der Waals surface area contributed by atoms with Crippen LogP contribution in [0.1, 0.15) is 38.5 Å². The van der Waals surface area contributed by atoms with E-state index in [9.17, 15) is 27.8 Å². The molecule has 24 nitrogen and oxygen atoms in total. The van der Waals surface area contributed by atoms with Gasteiger partial charge in [0.2, 0.25) is 6.54 Å². The summed E-state index contributed by atoms with van der Waals surface area (Å²) in [5.41, 5.74) is 2.38. The zero-order valence-electron chi connectivity index (χ0n) is 21.7. The average molecular weight is 752 g/mol. The highest BCUT2D eigenvalue weighted by Crippen LogP contribution is 2.89. The predicted molar refractivity (Wildman–Crippen MR) is 137 cm³/mol. The van der Waals surface area contributed by atoms with Gasteiger partial charge < -0.3 is 14.5 Å². The van der Waals surface area contributed by atoms with E-state index in [0.29, 0.717) is 38.8 Å². The minimum Gasteiger partial charge on any atom is -0.374 e. The fourth-order valence-electron chi connectivity index (χ4n) is 3.04. The molecule has 31 heteroatoms. The van der Waals surface area contributed by atoms with Crippen molar-refractivity contribution < 1.29 is 95.1 Å². The second-order valence-electron chi connectivity index (χ2n) is 7.96. The van der Waals surface area contributed by atoms with Crippen molar-refractivity contribution in [3.63, 3.8) is 0 Å². The number of hydrogen-bond acceptors (Lipinski definition) is 23. The molecular formula is C12H24N4O20P4Si3. The Balaban J connectivity index is 0.000000272. The second kappa shape index (κ2) is 17.6. The van der Waals surface area contributed by atoms with E-state index in [1.54, 1.807) is 0 Å². The molecule has 0 amide bonds. The topological polar surface area (TPSA) is 298 Å². The van der Waals surface area contributed by atoms with Crippen LogP contribution in [0.4, 0.5) is 0 Å². The van der Waals surface area contributed by atoms with Gasteiger partial charge in [-0.1, -0.05) is 20.2 Å². The largest absolute Gasteiger partial charge is 0.374 e. The van der Waals surface area contributed by atoms with Crippen LogP contribution >= 0.6 is 28.6 Å². The van der Waals surface area contributed by atoms with Crippen LogP contribution in [0.25, 0.3) is 4.85 Å². The summed E-state index contributed by atoms with van der Waals surface area (Å²) in [6.07, 6.45) is -0.336. The van der Waals surface area contributed by atoms with Crippen LogP contribution in [0, 0.1) is 17.9 Å². The number of nitrogens with two attached hydrogens (primary N) is 1. The Labute approximate surface area is 245 Å². The Hall–Kier alpha value is -1.07. The fraction of sp³-hybridized carbons (Fsp3) is 0.667. The molecule has 4 saturated heterocycles. The molecule has 0 saturated carbocycles. The van der Waals surface area contributed by atoms with Crippen molar-refractivity contribution in [2.24, 2.45) is 5.90 Å². The third-order valence-electron chi connectivity index (χ3n) is 5.23. The van der Waals surface area contributed by atoms with Crippen LogP contribution < -0.4 is 11.4 Å². The van der Waals surface area contributed by atoms with Crippen molar-refractivity contribution in [2.75, 3.05) is 13.1 Å². The van der Waals surface area contributed by atoms with Gasteiger partial charge in [0.1, 0.15) is 0 Å². The average Bonchev–Trinajstić information content (AvgIpc) is 2.93. The van der Waals surface area contributed by atoms with Gasteiger partial charge in [0, 0.05) is 35.6 Å². The quantitative estimate of drug-likeness (QED) is 0.0444. The second-order valence-corrected chi connectivity index (χ2v) is 58.5. The Morgan fingerprint density at radius 1 is 0.953 bits per heavy atom. The summed E-state index contributed by atoms with van der Waals surface area (Å²) >= 11 is 0. The number of hydrogen-bond donors (Lipinski definition) is 2. The van der Waals surface area contributed by atoms with E-state index in [1.165, 1.54) is 0 Å². The SMILES string of the molecule is NOC(=O)CCCCNOC=O.O=P1([SiH]([Si]([SiH3])(P2(=O)OOO2)P2(=O)OOO2)P2(=O)OOO2)OOO1.[C-]#[N+]CCCCC#N. The summed E-state index contributed by atoms with van der Waals surface area (Å²) in [6, 6.07) is 2.02. The third-order valence-corrected chi connectivity index (χ3v) is 92.8. The highest BCUT2D eigenvalue weighted by Gasteiger charge is 2.89. The van der Waals surface area contributed by atoms with Gasteiger partial charge in [0.15, 0.2) is 0 Å². The van der Waals surface area contributed by atoms with Crippen molar-refractivity contribution in [2.45, 2.75) is 38.5 Å². The Morgan fingerprint density at radius 2 is 1.47 bits per heavy atom. The van der Waals surface area contributed by atoms with Crippen LogP contribution in [0.2, 0.25) is 0 Å². The molecule has 0 spiro atoms. The first-order valence-electron chi connectivity index (χ1n) is 11.4. The molecule has 4 aliphatic heterocycles. The van der Waals surface area contributed by atoms with Crippen molar-refractivity contribution in [3.8, 4) is 6.07 Å². The van der Waals surface area contributed by atoms with E-state index < -0.39 is 48.6 Å². The Bertz CT molecular complexity index is 1140. The molecule has 4 rings (SSSR count). The molecule has 3 N–H and O–H groups in total. The first-order chi connectivity index (χ1) is 20.4. The number of carbonyl (C=O) groups is 2. The van der Waals surface area contributed by atoms with Gasteiger partial charge in [-0.25, -0.2) is 6.57 Å². The van der Waals surface area contributed by atoms with Gasteiger partial charge >= 0.3 is 55.1 Å². The number of nitrogens with zero attached hydrogens (tertiary/aromatic N) is 2. The summed E-state index contributed by atoms with van der Waals surface area (Å²) < 4.78 is 86.2. The highest BCUT2D eigenvalue weighted by molar-refractivity contribution is 8.54. The van der Waals surface area contributed by atoms with Gasteiger partial charge in [-0.15, -0.1) is 37.4 Å². The molecule has 4 aliphatic rings. The lowest BCUT2D eigenvalue weighted by Gasteiger charge is -2.46. The van der Waals surface area contributed by atoms with Gasteiger partial charge in [-0.3, -0.25) is 27.8 Å². The number of hydroxylamine groups is 1. The number of carbonyl (C=O) groups excluding carboxylic acids is 2. The van der Waals surface area contributed by atoms with Gasteiger partial charge in [-0.2, -0.15) is 16.6 Å². The minimum atomic E-state index is -4.34. The molecule has 0 unspecified atom stereocenters. The van der Waals surface area contributed by atoms with Crippen LogP contribution in [0.5, 0.6) is 0 Å². The zero-order chi connectivity index (χ0) is 32.0. The molecule has 0 aliphatic carbocycles. The van der Waals surface area contributed by atoms with Gasteiger partial charge in [0.05, 0.1) is 6.07 Å². The van der Waals surface area contributed by atoms with Crippen molar-refractivity contribution in [1.82, 2.24) is 5.48 Å². The Morgan fingerprint density at radius 3 is 1.81 bits per heavy atom. The maximum absolute atomic E-state index is 12.8. The number of nitrogens with one attached hydrogen (secondary N) is 1. The molecule has 4 heterocycles. The lowest BCUT2D eigenvalue weighted by atomic mass is 10.2. The molecule has 0 bridgehead atoms. The monoisotopic (exact) mass is 752 g/mol. The number of rotatable bonds is 15. The highest BCUT2D eigenvalue weighted by atomic mass is 31.9. The first-order valence-corrected chi connectivity index (χ1v) is 29.8. The van der Waals surface area contributed by atoms with Crippen LogP contribution in [0.3, 0.4) is 0 Å². The molecule has 244 valence electrons. The van der Waals surface area contributed by atoms with Crippen molar-refractivity contribution in [3.05, 3.63) is 11.4 Å². The van der Waals surface area contributed by atoms with E-state index in [2.05, 4.69) is 83.4 Å². The summed E-state index contributed by atoms with van der Waals surface area (Å²) in [4.78, 5) is 31.3. The fourth-order valence-corrected chi connectivity index (χ4v) is 95.6. The zero-order valence-corrected chi connectivity index (χ0v) is 29.5. The normalized spacial score (nSPS) is 21.6. The standard InChI is InChI=1S/C6H12N2O4.C6H8N2.H4O16P4Si3/c7-12-6(10)3-1-2-4-8-11-5-9;1-8-6-4-2-3-5-7;1-17(9-5-10-17)22(18(2)11-6-12-18)23(21,19(3)13-7-14-19)20(4)15-8-16-20/h5,8H,1-4,7H2;2-4,6H2;22H,21H3. The predicted octanol–water partition coefficient (Wildman–Crippen LogP) is 0.786. The van der Waals surface area contributed by atoms with E-state index in [4.69, 9.17) is 11.8 Å². The van der Waals surface area contributed by atoms with Crippen LogP contribution in [-0.2, 0) is 95.1 Å². The van der Waals surface area contributed by atoms with E-state index in [1.807, 2.05) is 6.07 Å². The summed E-state index contributed by atoms with van der Waals surface area (Å²) in [7, 11) is -21.5. The van der Waals surface area contributed by atoms with Crippen LogP contribution in [0.15, 0.2) is 0 Å². The molecule has 0 aromatic rings. The maximum atomic E-state index is 12.8. The molecule has 0 atom stereocenters. The molecule has 0 aromatic carbocycles. The van der Waals surface area contributed by atoms with E-state index in [-0.39, 0.29) is 16.2 Å². The van der Waals surface area contributed by atoms with Crippen molar-refractivity contribution >= 4 is 64.9 Å². The molecule has 0 aromatic heterocycles. The molecule has 0 radical (unpaired) electrons. The number of unbranched alkanes of at least 4 members (excludes halogenated alkanes) is 3. The third kappa shape index (κ3) is 9.24. The summed E-state index contributed by atoms with van der Waals surface area (Å²) in [5, 5.41) is 23.8. The summed E-state index contributed by atoms with van der Waals surface area (Å²) in [5.74, 6) is 4.16.